The quantitative estimate of drug-likeness (QED) is 0.861. The molecule has 2 aliphatic rings. The molecule has 0 atom stereocenters. The summed E-state index contributed by atoms with van der Waals surface area (Å²) in [5, 5.41) is 0. The lowest BCUT2D eigenvalue weighted by Gasteiger charge is -2.26. The molecule has 2 aliphatic heterocycles. The van der Waals surface area contributed by atoms with Crippen LogP contribution in [0.2, 0.25) is 0 Å². The smallest absolute Gasteiger partial charge is 0.255 e. The van der Waals surface area contributed by atoms with Gasteiger partial charge in [-0.2, -0.15) is 0 Å². The highest BCUT2D eigenvalue weighted by Crippen LogP contribution is 2.25. The lowest BCUT2D eigenvalue weighted by atomic mass is 10.1. The molecule has 6 nitrogen and oxygen atoms in total. The SMILES string of the molecule is CCc1ncc2c(n1)CN(c1ccc(C(=O)N3CCCCC3)cn1)C2. The highest BCUT2D eigenvalue weighted by molar-refractivity contribution is 5.94. The van der Waals surface area contributed by atoms with E-state index in [-0.39, 0.29) is 5.91 Å². The largest absolute Gasteiger partial charge is 0.346 e. The zero-order chi connectivity index (χ0) is 17.2. The van der Waals surface area contributed by atoms with Crippen LogP contribution in [-0.4, -0.2) is 38.8 Å². The zero-order valence-electron chi connectivity index (χ0n) is 14.6. The van der Waals surface area contributed by atoms with E-state index in [0.29, 0.717) is 5.56 Å². The van der Waals surface area contributed by atoms with Crippen molar-refractivity contribution < 1.29 is 4.79 Å². The molecule has 0 radical (unpaired) electrons. The van der Waals surface area contributed by atoms with Gasteiger partial charge in [0.1, 0.15) is 11.6 Å². The number of piperidine rings is 1. The van der Waals surface area contributed by atoms with E-state index in [2.05, 4.69) is 26.8 Å². The number of hydrogen-bond donors (Lipinski definition) is 0. The van der Waals surface area contributed by atoms with Crippen LogP contribution in [-0.2, 0) is 19.5 Å². The van der Waals surface area contributed by atoms with Crippen molar-refractivity contribution in [3.63, 3.8) is 0 Å². The third-order valence-corrected chi connectivity index (χ3v) is 4.98. The second kappa shape index (κ2) is 6.78. The number of aryl methyl sites for hydroxylation is 1. The van der Waals surface area contributed by atoms with Gasteiger partial charge >= 0.3 is 0 Å². The van der Waals surface area contributed by atoms with Gasteiger partial charge in [-0.25, -0.2) is 15.0 Å². The van der Waals surface area contributed by atoms with Crippen LogP contribution in [0.3, 0.4) is 0 Å². The fourth-order valence-corrected chi connectivity index (χ4v) is 3.51. The minimum Gasteiger partial charge on any atom is -0.346 e. The van der Waals surface area contributed by atoms with Crippen molar-refractivity contribution >= 4 is 11.7 Å². The number of hydrogen-bond acceptors (Lipinski definition) is 5. The van der Waals surface area contributed by atoms with Gasteiger partial charge in [0.25, 0.3) is 5.91 Å². The molecule has 1 saturated heterocycles. The van der Waals surface area contributed by atoms with Crippen molar-refractivity contribution in [1.82, 2.24) is 19.9 Å². The van der Waals surface area contributed by atoms with E-state index in [4.69, 9.17) is 0 Å². The summed E-state index contributed by atoms with van der Waals surface area (Å²) < 4.78 is 0. The van der Waals surface area contributed by atoms with Crippen molar-refractivity contribution in [3.8, 4) is 0 Å². The Kier molecular flexibility index (Phi) is 4.34. The van der Waals surface area contributed by atoms with Gasteiger partial charge in [0.05, 0.1) is 17.8 Å². The molecule has 6 heteroatoms. The first kappa shape index (κ1) is 16.0. The van der Waals surface area contributed by atoms with Crippen LogP contribution in [0.25, 0.3) is 0 Å². The van der Waals surface area contributed by atoms with Gasteiger partial charge in [0, 0.05) is 44.0 Å². The molecular formula is C19H23N5O. The molecule has 0 spiro atoms. The van der Waals surface area contributed by atoms with Gasteiger partial charge < -0.3 is 9.80 Å². The maximum Gasteiger partial charge on any atom is 0.255 e. The molecule has 0 aromatic carbocycles. The summed E-state index contributed by atoms with van der Waals surface area (Å²) in [7, 11) is 0. The first-order chi connectivity index (χ1) is 12.2. The molecule has 1 amide bonds. The Morgan fingerprint density at radius 1 is 1.08 bits per heavy atom. The van der Waals surface area contributed by atoms with Gasteiger partial charge in [0.2, 0.25) is 0 Å². The predicted molar refractivity (Wildman–Crippen MR) is 95.3 cm³/mol. The third kappa shape index (κ3) is 3.21. The molecule has 130 valence electrons. The number of carbonyl (C=O) groups is 1. The lowest BCUT2D eigenvalue weighted by Crippen LogP contribution is -2.35. The fourth-order valence-electron chi connectivity index (χ4n) is 3.51. The van der Waals surface area contributed by atoms with Crippen LogP contribution in [0, 0.1) is 0 Å². The summed E-state index contributed by atoms with van der Waals surface area (Å²) in [6.07, 6.45) is 7.90. The van der Waals surface area contributed by atoms with Gasteiger partial charge in [-0.1, -0.05) is 6.92 Å². The number of pyridine rings is 1. The Bertz CT molecular complexity index is 768. The first-order valence-corrected chi connectivity index (χ1v) is 9.08. The molecular weight excluding hydrogens is 314 g/mol. The average Bonchev–Trinajstić information content (AvgIpc) is 3.11. The Hall–Kier alpha value is -2.50. The van der Waals surface area contributed by atoms with Crippen molar-refractivity contribution in [2.45, 2.75) is 45.7 Å². The Morgan fingerprint density at radius 3 is 2.64 bits per heavy atom. The highest BCUT2D eigenvalue weighted by atomic mass is 16.2. The number of fused-ring (bicyclic) bond motifs is 1. The molecule has 4 rings (SSSR count). The standard InChI is InChI=1S/C19H23N5O/c1-2-17-20-11-15-12-24(13-16(15)22-17)18-7-6-14(10-21-18)19(25)23-8-4-3-5-9-23/h6-7,10-11H,2-5,8-9,12-13H2,1H3. The molecule has 0 N–H and O–H groups in total. The minimum atomic E-state index is 0.0990. The monoisotopic (exact) mass is 337 g/mol. The van der Waals surface area contributed by atoms with Crippen LogP contribution >= 0.6 is 0 Å². The molecule has 0 saturated carbocycles. The van der Waals surface area contributed by atoms with E-state index < -0.39 is 0 Å². The number of aromatic nitrogens is 3. The molecule has 1 fully saturated rings. The molecule has 0 unspecified atom stereocenters. The molecule has 0 bridgehead atoms. The topological polar surface area (TPSA) is 62.2 Å². The maximum absolute atomic E-state index is 12.5. The summed E-state index contributed by atoms with van der Waals surface area (Å²) >= 11 is 0. The van der Waals surface area contributed by atoms with E-state index >= 15 is 0 Å². The number of rotatable bonds is 3. The number of likely N-dealkylation sites (tertiary alicyclic amines) is 1. The normalized spacial score (nSPS) is 16.8. The van der Waals surface area contributed by atoms with Gasteiger partial charge in [-0.3, -0.25) is 4.79 Å². The molecule has 0 aliphatic carbocycles. The van der Waals surface area contributed by atoms with E-state index in [1.807, 2.05) is 23.2 Å². The Balaban J connectivity index is 1.46. The number of amides is 1. The summed E-state index contributed by atoms with van der Waals surface area (Å²) in [4.78, 5) is 30.2. The van der Waals surface area contributed by atoms with Crippen molar-refractivity contribution in [3.05, 3.63) is 47.2 Å². The van der Waals surface area contributed by atoms with E-state index in [9.17, 15) is 4.79 Å². The Morgan fingerprint density at radius 2 is 1.92 bits per heavy atom. The van der Waals surface area contributed by atoms with Crippen molar-refractivity contribution in [2.24, 2.45) is 0 Å². The highest BCUT2D eigenvalue weighted by Gasteiger charge is 2.23. The second-order valence-corrected chi connectivity index (χ2v) is 6.73. The van der Waals surface area contributed by atoms with Crippen LogP contribution in [0.5, 0.6) is 0 Å². The van der Waals surface area contributed by atoms with Crippen LogP contribution < -0.4 is 4.90 Å². The summed E-state index contributed by atoms with van der Waals surface area (Å²) in [5.41, 5.74) is 2.92. The van der Waals surface area contributed by atoms with Crippen LogP contribution in [0.1, 0.15) is 53.6 Å². The molecule has 2 aromatic heterocycles. The van der Waals surface area contributed by atoms with Crippen LogP contribution in [0.15, 0.2) is 24.5 Å². The van der Waals surface area contributed by atoms with Crippen molar-refractivity contribution in [2.75, 3.05) is 18.0 Å². The lowest BCUT2D eigenvalue weighted by molar-refractivity contribution is 0.0724. The third-order valence-electron chi connectivity index (χ3n) is 4.98. The zero-order valence-corrected chi connectivity index (χ0v) is 14.6. The summed E-state index contributed by atoms with van der Waals surface area (Å²) in [5.74, 6) is 1.86. The van der Waals surface area contributed by atoms with Gasteiger partial charge in [-0.15, -0.1) is 0 Å². The summed E-state index contributed by atoms with van der Waals surface area (Å²) in [6.45, 7) is 5.30. The Labute approximate surface area is 147 Å². The molecule has 4 heterocycles. The fraction of sp³-hybridized carbons (Fsp3) is 0.474. The predicted octanol–water partition coefficient (Wildman–Crippen LogP) is 2.58. The summed E-state index contributed by atoms with van der Waals surface area (Å²) in [6, 6.07) is 3.84. The molecule has 25 heavy (non-hydrogen) atoms. The van der Waals surface area contributed by atoms with Crippen molar-refractivity contribution in [1.29, 1.82) is 0 Å². The van der Waals surface area contributed by atoms with Gasteiger partial charge in [-0.05, 0) is 31.4 Å². The maximum atomic E-state index is 12.5. The van der Waals surface area contributed by atoms with E-state index in [1.165, 1.54) is 6.42 Å². The minimum absolute atomic E-state index is 0.0990. The number of nitrogens with zero attached hydrogens (tertiary/aromatic N) is 5. The molecule has 2 aromatic rings. The first-order valence-electron chi connectivity index (χ1n) is 9.08. The van der Waals surface area contributed by atoms with Crippen LogP contribution in [0.4, 0.5) is 5.82 Å². The van der Waals surface area contributed by atoms with E-state index in [1.54, 1.807) is 6.20 Å². The van der Waals surface area contributed by atoms with Gasteiger partial charge in [0.15, 0.2) is 0 Å². The second-order valence-electron chi connectivity index (χ2n) is 6.73. The number of anilines is 1. The average molecular weight is 337 g/mol. The van der Waals surface area contributed by atoms with E-state index in [0.717, 1.165) is 68.3 Å². The number of carbonyl (C=O) groups excluding carboxylic acids is 1.